The van der Waals surface area contributed by atoms with Gasteiger partial charge in [-0.1, -0.05) is 0 Å². The van der Waals surface area contributed by atoms with Crippen LogP contribution in [0.1, 0.15) is 12.8 Å². The van der Waals surface area contributed by atoms with Crippen molar-refractivity contribution in [3.63, 3.8) is 0 Å². The molecule has 1 aromatic carbocycles. The van der Waals surface area contributed by atoms with E-state index >= 15 is 0 Å². The summed E-state index contributed by atoms with van der Waals surface area (Å²) in [6.45, 7) is 0.0480. The van der Waals surface area contributed by atoms with Crippen molar-refractivity contribution in [3.05, 3.63) is 42.2 Å². The van der Waals surface area contributed by atoms with Gasteiger partial charge in [0.1, 0.15) is 18.2 Å². The van der Waals surface area contributed by atoms with Crippen LogP contribution in [-0.4, -0.2) is 27.8 Å². The molecule has 0 unspecified atom stereocenters. The fourth-order valence-electron chi connectivity index (χ4n) is 2.04. The second-order valence-corrected chi connectivity index (χ2v) is 5.47. The molecule has 1 aromatic heterocycles. The third-order valence-electron chi connectivity index (χ3n) is 3.32. The van der Waals surface area contributed by atoms with E-state index in [1.165, 1.54) is 17.1 Å². The fraction of sp³-hybridized carbons (Fsp3) is 0.267. The number of carbonyl (C=O) groups is 2. The maximum atomic E-state index is 13.5. The monoisotopic (exact) mass is 335 g/mol. The fourth-order valence-corrected chi connectivity index (χ4v) is 2.04. The van der Waals surface area contributed by atoms with Crippen LogP contribution in [0.2, 0.25) is 0 Å². The average molecular weight is 335 g/mol. The summed E-state index contributed by atoms with van der Waals surface area (Å²) in [6, 6.07) is 2.39. The third-order valence-corrected chi connectivity index (χ3v) is 3.32. The Kier molecular flexibility index (Phi) is 4.41. The summed E-state index contributed by atoms with van der Waals surface area (Å²) >= 11 is 0. The van der Waals surface area contributed by atoms with Gasteiger partial charge in [-0.2, -0.15) is 5.10 Å². The van der Waals surface area contributed by atoms with Crippen LogP contribution >= 0.6 is 0 Å². The van der Waals surface area contributed by atoms with Crippen molar-refractivity contribution < 1.29 is 18.4 Å². The van der Waals surface area contributed by atoms with E-state index in [9.17, 15) is 18.4 Å². The maximum absolute atomic E-state index is 13.5. The predicted octanol–water partition coefficient (Wildman–Crippen LogP) is 2.08. The molecule has 0 radical (unpaired) electrons. The number of rotatable bonds is 5. The van der Waals surface area contributed by atoms with Crippen LogP contribution in [0.15, 0.2) is 30.6 Å². The molecule has 3 rings (SSSR count). The van der Waals surface area contributed by atoms with Gasteiger partial charge in [0.2, 0.25) is 5.91 Å². The van der Waals surface area contributed by atoms with Crippen LogP contribution in [0.5, 0.6) is 0 Å². The minimum Gasteiger partial charge on any atom is -0.352 e. The highest BCUT2D eigenvalue weighted by Crippen LogP contribution is 2.18. The summed E-state index contributed by atoms with van der Waals surface area (Å²) in [6.07, 6.45) is 4.84. The van der Waals surface area contributed by atoms with Gasteiger partial charge < -0.3 is 16.0 Å². The topological polar surface area (TPSA) is 88.1 Å². The number of amides is 3. The molecule has 0 atom stereocenters. The van der Waals surface area contributed by atoms with Gasteiger partial charge in [-0.25, -0.2) is 13.6 Å². The number of halogens is 2. The van der Waals surface area contributed by atoms with Gasteiger partial charge in [-0.3, -0.25) is 9.48 Å². The SMILES string of the molecule is O=C(Cn1cc(NC(=O)Nc2ccc(F)cc2F)cn1)NC1CC1. The van der Waals surface area contributed by atoms with Gasteiger partial charge in [-0.15, -0.1) is 0 Å². The summed E-state index contributed by atoms with van der Waals surface area (Å²) in [4.78, 5) is 23.5. The van der Waals surface area contributed by atoms with Gasteiger partial charge >= 0.3 is 6.03 Å². The van der Waals surface area contributed by atoms with Gasteiger partial charge in [0, 0.05) is 18.3 Å². The Morgan fingerprint density at radius 3 is 2.75 bits per heavy atom. The maximum Gasteiger partial charge on any atom is 0.323 e. The molecular weight excluding hydrogens is 320 g/mol. The number of nitrogens with zero attached hydrogens (tertiary/aromatic N) is 2. The Labute approximate surface area is 136 Å². The first-order valence-electron chi connectivity index (χ1n) is 7.34. The lowest BCUT2D eigenvalue weighted by molar-refractivity contribution is -0.122. The lowest BCUT2D eigenvalue weighted by Gasteiger charge is -2.07. The molecule has 1 fully saturated rings. The molecule has 7 nitrogen and oxygen atoms in total. The van der Waals surface area contributed by atoms with E-state index in [4.69, 9.17) is 0 Å². The standard InChI is InChI=1S/C15H15F2N5O2/c16-9-1-4-13(12(17)5-9)21-15(24)20-11-6-18-22(7-11)8-14(23)19-10-2-3-10/h1,4-7,10H,2-3,8H2,(H,19,23)(H2,20,21,24). The van der Waals surface area contributed by atoms with E-state index in [0.717, 1.165) is 25.0 Å². The molecule has 1 heterocycles. The molecule has 24 heavy (non-hydrogen) atoms. The molecule has 0 bridgehead atoms. The molecule has 1 aliphatic carbocycles. The Morgan fingerprint density at radius 1 is 1.25 bits per heavy atom. The molecule has 0 spiro atoms. The second kappa shape index (κ2) is 6.65. The molecule has 126 valence electrons. The smallest absolute Gasteiger partial charge is 0.323 e. The first kappa shape index (κ1) is 15.9. The highest BCUT2D eigenvalue weighted by molar-refractivity contribution is 5.99. The van der Waals surface area contributed by atoms with Crippen LogP contribution in [-0.2, 0) is 11.3 Å². The molecule has 1 saturated carbocycles. The number of urea groups is 1. The largest absolute Gasteiger partial charge is 0.352 e. The van der Waals surface area contributed by atoms with Crippen molar-refractivity contribution in [2.75, 3.05) is 10.6 Å². The third kappa shape index (κ3) is 4.28. The summed E-state index contributed by atoms with van der Waals surface area (Å²) in [5, 5.41) is 11.5. The molecule has 0 aliphatic heterocycles. The van der Waals surface area contributed by atoms with E-state index in [0.29, 0.717) is 11.8 Å². The van der Waals surface area contributed by atoms with Crippen LogP contribution in [0, 0.1) is 11.6 Å². The molecule has 0 saturated heterocycles. The number of nitrogens with one attached hydrogen (secondary N) is 3. The van der Waals surface area contributed by atoms with E-state index in [-0.39, 0.29) is 24.2 Å². The first-order valence-corrected chi connectivity index (χ1v) is 7.34. The van der Waals surface area contributed by atoms with E-state index < -0.39 is 17.7 Å². The average Bonchev–Trinajstić information content (AvgIpc) is 3.21. The zero-order chi connectivity index (χ0) is 17.1. The Hall–Kier alpha value is -2.97. The zero-order valence-electron chi connectivity index (χ0n) is 12.6. The van der Waals surface area contributed by atoms with E-state index in [1.807, 2.05) is 0 Å². The van der Waals surface area contributed by atoms with Crippen LogP contribution in [0.4, 0.5) is 25.0 Å². The van der Waals surface area contributed by atoms with Crippen molar-refractivity contribution in [3.8, 4) is 0 Å². The van der Waals surface area contributed by atoms with Crippen molar-refractivity contribution in [2.45, 2.75) is 25.4 Å². The highest BCUT2D eigenvalue weighted by Gasteiger charge is 2.23. The number of aromatic nitrogens is 2. The van der Waals surface area contributed by atoms with Gasteiger partial charge in [0.05, 0.1) is 17.6 Å². The number of anilines is 2. The summed E-state index contributed by atoms with van der Waals surface area (Å²) in [7, 11) is 0. The molecule has 3 amide bonds. The Balaban J connectivity index is 1.53. The first-order chi connectivity index (χ1) is 11.5. The quantitative estimate of drug-likeness (QED) is 0.782. The van der Waals surface area contributed by atoms with Crippen molar-refractivity contribution >= 4 is 23.3 Å². The lowest BCUT2D eigenvalue weighted by Crippen LogP contribution is -2.29. The van der Waals surface area contributed by atoms with E-state index in [1.54, 1.807) is 0 Å². The molecule has 2 aromatic rings. The van der Waals surface area contributed by atoms with Crippen LogP contribution < -0.4 is 16.0 Å². The summed E-state index contributed by atoms with van der Waals surface area (Å²) < 4.78 is 27.7. The molecule has 9 heteroatoms. The van der Waals surface area contributed by atoms with Crippen LogP contribution in [0.3, 0.4) is 0 Å². The molecule has 3 N–H and O–H groups in total. The number of hydrogen-bond acceptors (Lipinski definition) is 3. The number of benzene rings is 1. The van der Waals surface area contributed by atoms with Gasteiger partial charge in [-0.05, 0) is 25.0 Å². The zero-order valence-corrected chi connectivity index (χ0v) is 12.6. The lowest BCUT2D eigenvalue weighted by atomic mass is 10.3. The predicted molar refractivity (Wildman–Crippen MR) is 82.4 cm³/mol. The Bertz CT molecular complexity index is 773. The highest BCUT2D eigenvalue weighted by atomic mass is 19.1. The second-order valence-electron chi connectivity index (χ2n) is 5.47. The van der Waals surface area contributed by atoms with Crippen LogP contribution in [0.25, 0.3) is 0 Å². The van der Waals surface area contributed by atoms with Gasteiger partial charge in [0.25, 0.3) is 0 Å². The number of hydrogen-bond donors (Lipinski definition) is 3. The van der Waals surface area contributed by atoms with Gasteiger partial charge in [0.15, 0.2) is 0 Å². The Morgan fingerprint density at radius 2 is 2.04 bits per heavy atom. The van der Waals surface area contributed by atoms with E-state index in [2.05, 4.69) is 21.0 Å². The summed E-state index contributed by atoms with van der Waals surface area (Å²) in [5.41, 5.74) is 0.194. The van der Waals surface area contributed by atoms with Crippen molar-refractivity contribution in [1.82, 2.24) is 15.1 Å². The summed E-state index contributed by atoms with van der Waals surface area (Å²) in [5.74, 6) is -1.76. The normalized spacial score (nSPS) is 13.4. The molecular formula is C15H15F2N5O2. The van der Waals surface area contributed by atoms with Crippen molar-refractivity contribution in [2.24, 2.45) is 0 Å². The molecule has 1 aliphatic rings. The van der Waals surface area contributed by atoms with Crippen molar-refractivity contribution in [1.29, 1.82) is 0 Å². The minimum absolute atomic E-state index is 0.0480. The minimum atomic E-state index is -0.877. The number of carbonyl (C=O) groups excluding carboxylic acids is 2.